The molecule has 0 saturated heterocycles. The third-order valence-corrected chi connectivity index (χ3v) is 1.12. The van der Waals surface area contributed by atoms with Crippen molar-refractivity contribution in [1.82, 2.24) is 0 Å². The summed E-state index contributed by atoms with van der Waals surface area (Å²) in [6.07, 6.45) is 0. The molecule has 0 saturated carbocycles. The van der Waals surface area contributed by atoms with Crippen LogP contribution in [0.3, 0.4) is 0 Å². The molecule has 65 valence electrons. The summed E-state index contributed by atoms with van der Waals surface area (Å²) in [5, 5.41) is 0. The maximum absolute atomic E-state index is 5.15. The van der Waals surface area contributed by atoms with Gasteiger partial charge in [-0.1, -0.05) is 0 Å². The van der Waals surface area contributed by atoms with Crippen LogP contribution in [0.1, 0.15) is 13.8 Å². The van der Waals surface area contributed by atoms with Crippen molar-refractivity contribution < 1.29 is 42.2 Å². The van der Waals surface area contributed by atoms with Crippen molar-refractivity contribution in [3.05, 3.63) is 6.92 Å². The molecule has 0 unspecified atom stereocenters. The van der Waals surface area contributed by atoms with Gasteiger partial charge >= 0.3 is 0 Å². The first-order valence-corrected chi connectivity index (χ1v) is 3.79. The van der Waals surface area contributed by atoms with Gasteiger partial charge in [0.1, 0.15) is 0 Å². The van der Waals surface area contributed by atoms with E-state index >= 15 is 0 Å². The first-order valence-electron chi connectivity index (χ1n) is 3.79. The van der Waals surface area contributed by atoms with Crippen LogP contribution in [0.4, 0.5) is 0 Å². The second-order valence-electron chi connectivity index (χ2n) is 2.18. The van der Waals surface area contributed by atoms with E-state index in [9.17, 15) is 0 Å². The van der Waals surface area contributed by atoms with E-state index < -0.39 is 0 Å². The molecule has 0 aliphatic carbocycles. The molecule has 11 heavy (non-hydrogen) atoms. The standard InChI is InChI=1S/C8H17O2.Y/c1-4-9-6-8(3)7-10-5-2;/h8H,3-7H2,1-2H3;/q-1;. The van der Waals surface area contributed by atoms with Gasteiger partial charge in [0.2, 0.25) is 0 Å². The van der Waals surface area contributed by atoms with Crippen molar-refractivity contribution in [2.75, 3.05) is 26.4 Å². The van der Waals surface area contributed by atoms with Crippen LogP contribution in [0, 0.1) is 12.8 Å². The normalized spacial score (nSPS) is 9.82. The van der Waals surface area contributed by atoms with Crippen LogP contribution in [-0.4, -0.2) is 26.4 Å². The van der Waals surface area contributed by atoms with Crippen LogP contribution >= 0.6 is 0 Å². The van der Waals surface area contributed by atoms with E-state index in [1.807, 2.05) is 13.8 Å². The summed E-state index contributed by atoms with van der Waals surface area (Å²) >= 11 is 0. The Hall–Kier alpha value is 1.02. The third-order valence-electron chi connectivity index (χ3n) is 1.12. The molecule has 0 aliphatic heterocycles. The van der Waals surface area contributed by atoms with Gasteiger partial charge in [0.15, 0.2) is 0 Å². The summed E-state index contributed by atoms with van der Waals surface area (Å²) in [5.41, 5.74) is 0. The first-order chi connectivity index (χ1) is 4.81. The van der Waals surface area contributed by atoms with E-state index in [0.29, 0.717) is 13.2 Å². The second-order valence-corrected chi connectivity index (χ2v) is 2.18. The summed E-state index contributed by atoms with van der Waals surface area (Å²) in [7, 11) is 0. The Morgan fingerprint density at radius 2 is 1.45 bits per heavy atom. The van der Waals surface area contributed by atoms with Crippen LogP contribution in [0.25, 0.3) is 0 Å². The monoisotopic (exact) mass is 234 g/mol. The van der Waals surface area contributed by atoms with Gasteiger partial charge in [-0.2, -0.15) is 0 Å². The van der Waals surface area contributed by atoms with E-state index in [0.717, 1.165) is 13.2 Å². The predicted octanol–water partition coefficient (Wildman–Crippen LogP) is 1.51. The maximum Gasteiger partial charge on any atom is 0.0436 e. The molecule has 0 N–H and O–H groups in total. The molecule has 1 radical (unpaired) electrons. The van der Waals surface area contributed by atoms with Crippen LogP contribution in [0.5, 0.6) is 0 Å². The van der Waals surface area contributed by atoms with Crippen molar-refractivity contribution in [1.29, 1.82) is 0 Å². The topological polar surface area (TPSA) is 18.5 Å². The van der Waals surface area contributed by atoms with E-state index in [4.69, 9.17) is 9.47 Å². The fourth-order valence-electron chi connectivity index (χ4n) is 0.617. The maximum atomic E-state index is 5.15. The number of ether oxygens (including phenoxy) is 2. The molecule has 3 heteroatoms. The Balaban J connectivity index is 0. The molecule has 0 aromatic heterocycles. The Labute approximate surface area is 94.9 Å². The average molecular weight is 234 g/mol. The molecule has 0 spiro atoms. The fraction of sp³-hybridized carbons (Fsp3) is 0.875. The van der Waals surface area contributed by atoms with Crippen molar-refractivity contribution in [3.8, 4) is 0 Å². The van der Waals surface area contributed by atoms with Crippen molar-refractivity contribution in [3.63, 3.8) is 0 Å². The van der Waals surface area contributed by atoms with Crippen molar-refractivity contribution in [2.45, 2.75) is 13.8 Å². The molecule has 0 aliphatic rings. The third kappa shape index (κ3) is 11.0. The zero-order chi connectivity index (χ0) is 7.82. The Kier molecular flexibility index (Phi) is 14.6. The molecule has 0 heterocycles. The SMILES string of the molecule is [CH2-]C(COCC)COCC.[Y]. The summed E-state index contributed by atoms with van der Waals surface area (Å²) in [5.74, 6) is 0.278. The smallest absolute Gasteiger partial charge is 0.0436 e. The fourth-order valence-corrected chi connectivity index (χ4v) is 0.617. The summed E-state index contributed by atoms with van der Waals surface area (Å²) in [4.78, 5) is 0. The number of hydrogen-bond donors (Lipinski definition) is 0. The van der Waals surface area contributed by atoms with Crippen LogP contribution in [-0.2, 0) is 42.2 Å². The van der Waals surface area contributed by atoms with Gasteiger partial charge in [0, 0.05) is 59.1 Å². The minimum absolute atomic E-state index is 0. The largest absolute Gasteiger partial charge is 0.384 e. The Bertz CT molecular complexity index is 61.1. The number of rotatable bonds is 6. The zero-order valence-electron chi connectivity index (χ0n) is 7.51. The van der Waals surface area contributed by atoms with Gasteiger partial charge < -0.3 is 16.4 Å². The molecule has 2 nitrogen and oxygen atoms in total. The van der Waals surface area contributed by atoms with Crippen LogP contribution in [0.15, 0.2) is 0 Å². The quantitative estimate of drug-likeness (QED) is 0.648. The molecular weight excluding hydrogens is 217 g/mol. The van der Waals surface area contributed by atoms with E-state index in [1.54, 1.807) is 0 Å². The summed E-state index contributed by atoms with van der Waals surface area (Å²) in [6, 6.07) is 0. The van der Waals surface area contributed by atoms with Gasteiger partial charge in [0.25, 0.3) is 0 Å². The van der Waals surface area contributed by atoms with Gasteiger partial charge in [0.05, 0.1) is 0 Å². The first kappa shape index (κ1) is 14.5. The molecule has 0 fully saturated rings. The Morgan fingerprint density at radius 3 is 1.73 bits per heavy atom. The predicted molar refractivity (Wildman–Crippen MR) is 41.8 cm³/mol. The molecule has 0 atom stereocenters. The summed E-state index contributed by atoms with van der Waals surface area (Å²) < 4.78 is 10.3. The van der Waals surface area contributed by atoms with Crippen LogP contribution in [0.2, 0.25) is 0 Å². The summed E-state index contributed by atoms with van der Waals surface area (Å²) in [6.45, 7) is 10.8. The molecule has 0 amide bonds. The van der Waals surface area contributed by atoms with Gasteiger partial charge in [-0.3, -0.25) is 0 Å². The van der Waals surface area contributed by atoms with Crippen molar-refractivity contribution >= 4 is 0 Å². The minimum Gasteiger partial charge on any atom is -0.384 e. The van der Waals surface area contributed by atoms with Gasteiger partial charge in [-0.15, -0.1) is 5.92 Å². The van der Waals surface area contributed by atoms with Gasteiger partial charge in [-0.05, 0) is 13.8 Å². The van der Waals surface area contributed by atoms with E-state index in [2.05, 4.69) is 6.92 Å². The minimum atomic E-state index is 0. The molecule has 0 aromatic carbocycles. The number of hydrogen-bond acceptors (Lipinski definition) is 2. The molecule has 0 aromatic rings. The zero-order valence-corrected chi connectivity index (χ0v) is 10.3. The second kappa shape index (κ2) is 11.0. The molecular formula is C8H17O2Y-. The van der Waals surface area contributed by atoms with E-state index in [1.165, 1.54) is 0 Å². The molecule has 0 rings (SSSR count). The van der Waals surface area contributed by atoms with Crippen LogP contribution < -0.4 is 0 Å². The van der Waals surface area contributed by atoms with Crippen molar-refractivity contribution in [2.24, 2.45) is 5.92 Å². The Morgan fingerprint density at radius 1 is 1.09 bits per heavy atom. The average Bonchev–Trinajstić information content (AvgIpc) is 1.97. The van der Waals surface area contributed by atoms with Gasteiger partial charge in [-0.25, -0.2) is 0 Å². The van der Waals surface area contributed by atoms with E-state index in [-0.39, 0.29) is 38.6 Å². The molecule has 0 bridgehead atoms.